The van der Waals surface area contributed by atoms with Gasteiger partial charge < -0.3 is 14.7 Å². The zero-order valence-corrected chi connectivity index (χ0v) is 24.4. The SMILES string of the molecule is CC(=O)N1CC2(CCN(CC[C@H](CN(C)C(=O)c3ccccc3)c3ccc(Cl)c(Cl)c3)CC2)c2c(F)cccc21. The van der Waals surface area contributed by atoms with Gasteiger partial charge in [0.1, 0.15) is 5.82 Å². The first-order chi connectivity index (χ1) is 19.2. The predicted molar refractivity (Wildman–Crippen MR) is 159 cm³/mol. The zero-order valence-electron chi connectivity index (χ0n) is 22.9. The number of rotatable bonds is 7. The predicted octanol–water partition coefficient (Wildman–Crippen LogP) is 6.78. The van der Waals surface area contributed by atoms with E-state index in [0.717, 1.165) is 44.5 Å². The fourth-order valence-electron chi connectivity index (χ4n) is 6.31. The molecule has 0 saturated carbocycles. The van der Waals surface area contributed by atoms with Crippen molar-refractivity contribution in [2.75, 3.05) is 44.7 Å². The fourth-order valence-corrected chi connectivity index (χ4v) is 6.61. The van der Waals surface area contributed by atoms with Gasteiger partial charge in [0.05, 0.1) is 15.7 Å². The number of hydrogen-bond donors (Lipinski definition) is 0. The maximum absolute atomic E-state index is 15.1. The summed E-state index contributed by atoms with van der Waals surface area (Å²) in [6.07, 6.45) is 2.39. The van der Waals surface area contributed by atoms with E-state index in [9.17, 15) is 9.59 Å². The van der Waals surface area contributed by atoms with Crippen molar-refractivity contribution in [3.05, 3.63) is 99.3 Å². The summed E-state index contributed by atoms with van der Waals surface area (Å²) in [4.78, 5) is 31.3. The summed E-state index contributed by atoms with van der Waals surface area (Å²) in [5.41, 5.74) is 2.75. The molecular formula is C32H34Cl2FN3O2. The van der Waals surface area contributed by atoms with Gasteiger partial charge in [-0.15, -0.1) is 0 Å². The van der Waals surface area contributed by atoms with Crippen LogP contribution in [0.5, 0.6) is 0 Å². The number of fused-ring (bicyclic) bond motifs is 2. The quantitative estimate of drug-likeness (QED) is 0.309. The van der Waals surface area contributed by atoms with Crippen molar-refractivity contribution in [1.82, 2.24) is 9.80 Å². The van der Waals surface area contributed by atoms with Crippen LogP contribution in [0.2, 0.25) is 10.0 Å². The maximum atomic E-state index is 15.1. The van der Waals surface area contributed by atoms with Gasteiger partial charge in [-0.2, -0.15) is 0 Å². The Labute approximate surface area is 245 Å². The number of likely N-dealkylation sites (tertiary alicyclic amines) is 1. The van der Waals surface area contributed by atoms with E-state index in [4.69, 9.17) is 23.2 Å². The summed E-state index contributed by atoms with van der Waals surface area (Å²) in [6, 6.07) is 20.0. The molecule has 0 aliphatic carbocycles. The van der Waals surface area contributed by atoms with Gasteiger partial charge in [0.25, 0.3) is 5.91 Å². The number of likely N-dealkylation sites (N-methyl/N-ethyl adjacent to an activating group) is 1. The van der Waals surface area contributed by atoms with E-state index >= 15 is 4.39 Å². The van der Waals surface area contributed by atoms with Crippen molar-refractivity contribution >= 4 is 40.7 Å². The molecule has 0 radical (unpaired) electrons. The molecule has 210 valence electrons. The second-order valence-electron chi connectivity index (χ2n) is 11.1. The van der Waals surface area contributed by atoms with E-state index in [1.807, 2.05) is 61.6 Å². The minimum Gasteiger partial charge on any atom is -0.341 e. The summed E-state index contributed by atoms with van der Waals surface area (Å²) in [5, 5.41) is 1.00. The van der Waals surface area contributed by atoms with E-state index in [1.165, 1.54) is 6.07 Å². The Bertz CT molecular complexity index is 1390. The number of amides is 2. The zero-order chi connectivity index (χ0) is 28.4. The van der Waals surface area contributed by atoms with Crippen molar-refractivity contribution in [3.8, 4) is 0 Å². The Balaban J connectivity index is 1.28. The highest BCUT2D eigenvalue weighted by molar-refractivity contribution is 6.42. The van der Waals surface area contributed by atoms with Crippen LogP contribution >= 0.6 is 23.2 Å². The number of carbonyl (C=O) groups is 2. The van der Waals surface area contributed by atoms with Crippen LogP contribution in [0.3, 0.4) is 0 Å². The number of anilines is 1. The molecule has 5 nitrogen and oxygen atoms in total. The normalized spacial score (nSPS) is 17.1. The summed E-state index contributed by atoms with van der Waals surface area (Å²) in [6.45, 7) is 5.07. The van der Waals surface area contributed by atoms with Crippen LogP contribution < -0.4 is 4.90 Å². The Kier molecular flexibility index (Phi) is 8.50. The smallest absolute Gasteiger partial charge is 0.253 e. The van der Waals surface area contributed by atoms with E-state index in [0.29, 0.717) is 39.9 Å². The molecule has 2 aliphatic rings. The molecule has 0 unspecified atom stereocenters. The molecular weight excluding hydrogens is 548 g/mol. The van der Waals surface area contributed by atoms with E-state index in [-0.39, 0.29) is 29.0 Å². The fraction of sp³-hybridized carbons (Fsp3) is 0.375. The van der Waals surface area contributed by atoms with Gasteiger partial charge in [-0.25, -0.2) is 4.39 Å². The number of piperidine rings is 1. The lowest BCUT2D eigenvalue weighted by atomic mass is 9.74. The molecule has 0 bridgehead atoms. The largest absolute Gasteiger partial charge is 0.341 e. The molecule has 1 saturated heterocycles. The molecule has 0 aromatic heterocycles. The van der Waals surface area contributed by atoms with Crippen molar-refractivity contribution in [1.29, 1.82) is 0 Å². The monoisotopic (exact) mass is 581 g/mol. The topological polar surface area (TPSA) is 43.9 Å². The summed E-state index contributed by atoms with van der Waals surface area (Å²) < 4.78 is 15.1. The average Bonchev–Trinajstić information content (AvgIpc) is 3.28. The first-order valence-electron chi connectivity index (χ1n) is 13.7. The van der Waals surface area contributed by atoms with Gasteiger partial charge in [0, 0.05) is 49.5 Å². The van der Waals surface area contributed by atoms with Gasteiger partial charge in [-0.1, -0.05) is 53.5 Å². The highest BCUT2D eigenvalue weighted by Gasteiger charge is 2.47. The summed E-state index contributed by atoms with van der Waals surface area (Å²) in [5.74, 6) is -0.242. The highest BCUT2D eigenvalue weighted by Crippen LogP contribution is 2.48. The second kappa shape index (κ2) is 11.9. The molecule has 2 heterocycles. The Hall–Kier alpha value is -2.93. The number of halogens is 3. The molecule has 1 spiro atoms. The van der Waals surface area contributed by atoms with Gasteiger partial charge in [-0.05, 0) is 80.9 Å². The third kappa shape index (κ3) is 5.76. The molecule has 0 N–H and O–H groups in total. The van der Waals surface area contributed by atoms with Crippen LogP contribution in [-0.2, 0) is 10.2 Å². The lowest BCUT2D eigenvalue weighted by Gasteiger charge is -2.40. The lowest BCUT2D eigenvalue weighted by Crippen LogP contribution is -2.46. The molecule has 40 heavy (non-hydrogen) atoms. The third-order valence-corrected chi connectivity index (χ3v) is 9.28. The first kappa shape index (κ1) is 28.6. The standard InChI is InChI=1S/C32H34Cl2FN3O2/c1-22(39)38-21-32(30-28(35)9-6-10-29(30)38)14-17-37(18-15-32)16-13-25(24-11-12-26(33)27(34)19-24)20-36(2)31(40)23-7-4-3-5-8-23/h3-12,19,25H,13-18,20-21H2,1-2H3/t25-/m1/s1. The molecule has 3 aromatic carbocycles. The highest BCUT2D eigenvalue weighted by atomic mass is 35.5. The van der Waals surface area contributed by atoms with Crippen molar-refractivity contribution in [3.63, 3.8) is 0 Å². The van der Waals surface area contributed by atoms with Crippen LogP contribution in [0.4, 0.5) is 10.1 Å². The van der Waals surface area contributed by atoms with Gasteiger partial charge in [-0.3, -0.25) is 9.59 Å². The Morgan fingerprint density at radius 3 is 2.40 bits per heavy atom. The van der Waals surface area contributed by atoms with Crippen LogP contribution in [0.25, 0.3) is 0 Å². The molecule has 5 rings (SSSR count). The molecule has 3 aromatic rings. The van der Waals surface area contributed by atoms with Crippen LogP contribution in [0, 0.1) is 5.82 Å². The molecule has 1 atom stereocenters. The minimum atomic E-state index is -0.353. The Morgan fingerprint density at radius 2 is 1.73 bits per heavy atom. The minimum absolute atomic E-state index is 0.0254. The Morgan fingerprint density at radius 1 is 1.00 bits per heavy atom. The lowest BCUT2D eigenvalue weighted by molar-refractivity contribution is -0.116. The third-order valence-electron chi connectivity index (χ3n) is 8.54. The van der Waals surface area contributed by atoms with Gasteiger partial charge in [0.15, 0.2) is 0 Å². The molecule has 8 heteroatoms. The first-order valence-corrected chi connectivity index (χ1v) is 14.5. The van der Waals surface area contributed by atoms with E-state index < -0.39 is 0 Å². The number of nitrogens with zero attached hydrogens (tertiary/aromatic N) is 3. The van der Waals surface area contributed by atoms with Crippen LogP contribution in [0.15, 0.2) is 66.7 Å². The average molecular weight is 583 g/mol. The maximum Gasteiger partial charge on any atom is 0.253 e. The van der Waals surface area contributed by atoms with E-state index in [1.54, 1.807) is 22.8 Å². The molecule has 2 amide bonds. The van der Waals surface area contributed by atoms with E-state index in [2.05, 4.69) is 4.90 Å². The molecule has 1 fully saturated rings. The van der Waals surface area contributed by atoms with Crippen molar-refractivity contribution < 1.29 is 14.0 Å². The summed E-state index contributed by atoms with van der Waals surface area (Å²) >= 11 is 12.6. The van der Waals surface area contributed by atoms with Crippen LogP contribution in [-0.4, -0.2) is 61.4 Å². The summed E-state index contributed by atoms with van der Waals surface area (Å²) in [7, 11) is 1.83. The van der Waals surface area contributed by atoms with Crippen LogP contribution in [0.1, 0.15) is 53.6 Å². The number of carbonyl (C=O) groups excluding carboxylic acids is 2. The van der Waals surface area contributed by atoms with Gasteiger partial charge >= 0.3 is 0 Å². The number of hydrogen-bond acceptors (Lipinski definition) is 3. The van der Waals surface area contributed by atoms with Crippen molar-refractivity contribution in [2.24, 2.45) is 0 Å². The second-order valence-corrected chi connectivity index (χ2v) is 11.9. The van der Waals surface area contributed by atoms with Gasteiger partial charge in [0.2, 0.25) is 5.91 Å². The van der Waals surface area contributed by atoms with Crippen molar-refractivity contribution in [2.45, 2.75) is 37.5 Å². The molecule has 2 aliphatic heterocycles. The number of benzene rings is 3.